The van der Waals surface area contributed by atoms with Crippen LogP contribution >= 0.6 is 0 Å². The van der Waals surface area contributed by atoms with E-state index >= 15 is 0 Å². The van der Waals surface area contributed by atoms with Gasteiger partial charge >= 0.3 is 6.09 Å². The molecule has 1 rings (SSSR count). The first-order chi connectivity index (χ1) is 8.64. The van der Waals surface area contributed by atoms with Gasteiger partial charge in [-0.1, -0.05) is 0 Å². The number of carboxylic acid groups (broad SMARTS) is 1. The third-order valence-corrected chi connectivity index (χ3v) is 3.24. The predicted octanol–water partition coefficient (Wildman–Crippen LogP) is 0.145. The van der Waals surface area contributed by atoms with E-state index in [1.807, 2.05) is 0 Å². The van der Waals surface area contributed by atoms with Gasteiger partial charge in [-0.2, -0.15) is 0 Å². The van der Waals surface area contributed by atoms with E-state index in [1.54, 1.807) is 20.8 Å². The largest absolute Gasteiger partial charge is 0.465 e. The van der Waals surface area contributed by atoms with Gasteiger partial charge in [0.05, 0.1) is 0 Å². The van der Waals surface area contributed by atoms with Crippen molar-refractivity contribution in [3.8, 4) is 0 Å². The van der Waals surface area contributed by atoms with Crippen LogP contribution in [0.4, 0.5) is 4.79 Å². The number of amides is 3. The number of hydrogen-bond acceptors (Lipinski definition) is 3. The lowest BCUT2D eigenvalue weighted by Gasteiger charge is -2.38. The SMILES string of the molecule is CC(C)(C)N(C(=O)O)C(C[C@@H]1CCNC1=O)C(N)=O. The Morgan fingerprint density at radius 3 is 2.42 bits per heavy atom. The topological polar surface area (TPSA) is 113 Å². The van der Waals surface area contributed by atoms with Crippen molar-refractivity contribution < 1.29 is 19.5 Å². The van der Waals surface area contributed by atoms with Crippen molar-refractivity contribution in [1.29, 1.82) is 0 Å². The Bertz CT molecular complexity index is 389. The van der Waals surface area contributed by atoms with E-state index in [0.717, 1.165) is 4.90 Å². The summed E-state index contributed by atoms with van der Waals surface area (Å²) < 4.78 is 0. The van der Waals surface area contributed by atoms with Gasteiger partial charge in [-0.05, 0) is 33.6 Å². The Kier molecular flexibility index (Phi) is 4.39. The van der Waals surface area contributed by atoms with Crippen molar-refractivity contribution in [2.75, 3.05) is 6.54 Å². The molecule has 108 valence electrons. The molecule has 1 heterocycles. The summed E-state index contributed by atoms with van der Waals surface area (Å²) in [5.41, 5.74) is 4.56. The number of primary amides is 1. The number of nitrogens with zero attached hydrogens (tertiary/aromatic N) is 1. The van der Waals surface area contributed by atoms with Crippen molar-refractivity contribution in [3.63, 3.8) is 0 Å². The van der Waals surface area contributed by atoms with Gasteiger partial charge < -0.3 is 16.2 Å². The van der Waals surface area contributed by atoms with Crippen LogP contribution < -0.4 is 11.1 Å². The van der Waals surface area contributed by atoms with E-state index in [1.165, 1.54) is 0 Å². The fraction of sp³-hybridized carbons (Fsp3) is 0.750. The van der Waals surface area contributed by atoms with Crippen LogP contribution in [0.5, 0.6) is 0 Å². The molecule has 0 spiro atoms. The highest BCUT2D eigenvalue weighted by molar-refractivity contribution is 5.86. The minimum absolute atomic E-state index is 0.130. The first kappa shape index (κ1) is 15.3. The number of rotatable bonds is 4. The zero-order valence-electron chi connectivity index (χ0n) is 11.5. The van der Waals surface area contributed by atoms with Gasteiger partial charge in [0.15, 0.2) is 0 Å². The first-order valence-corrected chi connectivity index (χ1v) is 6.24. The molecule has 0 saturated carbocycles. The van der Waals surface area contributed by atoms with Crippen LogP contribution in [-0.2, 0) is 9.59 Å². The molecule has 1 aliphatic heterocycles. The van der Waals surface area contributed by atoms with Crippen LogP contribution in [0.25, 0.3) is 0 Å². The molecule has 3 amide bonds. The van der Waals surface area contributed by atoms with Crippen molar-refractivity contribution >= 4 is 17.9 Å². The van der Waals surface area contributed by atoms with E-state index in [0.29, 0.717) is 13.0 Å². The van der Waals surface area contributed by atoms with Gasteiger partial charge in [0.2, 0.25) is 11.8 Å². The Morgan fingerprint density at radius 2 is 2.11 bits per heavy atom. The third-order valence-electron chi connectivity index (χ3n) is 3.24. The van der Waals surface area contributed by atoms with Crippen LogP contribution in [0.1, 0.15) is 33.6 Å². The summed E-state index contributed by atoms with van der Waals surface area (Å²) in [5.74, 6) is -1.23. The predicted molar refractivity (Wildman–Crippen MR) is 68.3 cm³/mol. The molecular formula is C12H21N3O4. The van der Waals surface area contributed by atoms with Gasteiger partial charge in [0.1, 0.15) is 6.04 Å². The van der Waals surface area contributed by atoms with Crippen molar-refractivity contribution in [3.05, 3.63) is 0 Å². The van der Waals surface area contributed by atoms with Gasteiger partial charge in [0.25, 0.3) is 0 Å². The van der Waals surface area contributed by atoms with Crippen LogP contribution in [0, 0.1) is 5.92 Å². The van der Waals surface area contributed by atoms with Crippen LogP contribution in [0.15, 0.2) is 0 Å². The van der Waals surface area contributed by atoms with Gasteiger partial charge in [0, 0.05) is 18.0 Å². The maximum Gasteiger partial charge on any atom is 0.408 e. The molecule has 4 N–H and O–H groups in total. The summed E-state index contributed by atoms with van der Waals surface area (Å²) in [6, 6.07) is -0.994. The monoisotopic (exact) mass is 271 g/mol. The number of carbonyl (C=O) groups is 3. The fourth-order valence-corrected chi connectivity index (χ4v) is 2.38. The second-order valence-corrected chi connectivity index (χ2v) is 5.75. The van der Waals surface area contributed by atoms with Crippen molar-refractivity contribution in [1.82, 2.24) is 10.2 Å². The Hall–Kier alpha value is -1.79. The zero-order valence-corrected chi connectivity index (χ0v) is 11.5. The summed E-state index contributed by atoms with van der Waals surface area (Å²) in [6.07, 6.45) is -0.486. The molecule has 0 aromatic carbocycles. The Balaban J connectivity index is 2.95. The fourth-order valence-electron chi connectivity index (χ4n) is 2.38. The minimum Gasteiger partial charge on any atom is -0.465 e. The lowest BCUT2D eigenvalue weighted by Crippen LogP contribution is -2.56. The first-order valence-electron chi connectivity index (χ1n) is 6.24. The van der Waals surface area contributed by atoms with Gasteiger partial charge in [-0.15, -0.1) is 0 Å². The molecule has 7 nitrogen and oxygen atoms in total. The van der Waals surface area contributed by atoms with E-state index in [9.17, 15) is 19.5 Å². The summed E-state index contributed by atoms with van der Waals surface area (Å²) in [6.45, 7) is 5.61. The molecule has 0 bridgehead atoms. The molecule has 19 heavy (non-hydrogen) atoms. The summed E-state index contributed by atoms with van der Waals surface area (Å²) >= 11 is 0. The smallest absolute Gasteiger partial charge is 0.408 e. The highest BCUT2D eigenvalue weighted by Crippen LogP contribution is 2.24. The molecule has 1 unspecified atom stereocenters. The molecular weight excluding hydrogens is 250 g/mol. The van der Waals surface area contributed by atoms with Crippen LogP contribution in [-0.4, -0.2) is 46.0 Å². The van der Waals surface area contributed by atoms with Crippen molar-refractivity contribution in [2.45, 2.75) is 45.2 Å². The molecule has 0 aromatic rings. The normalized spacial score (nSPS) is 20.8. The lowest BCUT2D eigenvalue weighted by atomic mass is 9.94. The molecule has 2 atom stereocenters. The van der Waals surface area contributed by atoms with Crippen molar-refractivity contribution in [2.24, 2.45) is 11.7 Å². The van der Waals surface area contributed by atoms with Crippen LogP contribution in [0.3, 0.4) is 0 Å². The second-order valence-electron chi connectivity index (χ2n) is 5.75. The molecule has 7 heteroatoms. The summed E-state index contributed by atoms with van der Waals surface area (Å²) in [7, 11) is 0. The summed E-state index contributed by atoms with van der Waals surface area (Å²) in [4.78, 5) is 35.5. The number of nitrogens with two attached hydrogens (primary N) is 1. The number of nitrogens with one attached hydrogen (secondary N) is 1. The number of hydrogen-bond donors (Lipinski definition) is 3. The summed E-state index contributed by atoms with van der Waals surface area (Å²) in [5, 5.41) is 11.9. The molecule has 1 fully saturated rings. The molecule has 1 aliphatic rings. The van der Waals surface area contributed by atoms with E-state index in [4.69, 9.17) is 5.73 Å². The lowest BCUT2D eigenvalue weighted by molar-refractivity contribution is -0.127. The van der Waals surface area contributed by atoms with Crippen LogP contribution in [0.2, 0.25) is 0 Å². The van der Waals surface area contributed by atoms with Gasteiger partial charge in [-0.3, -0.25) is 14.5 Å². The molecule has 0 aromatic heterocycles. The zero-order chi connectivity index (χ0) is 14.8. The molecule has 0 radical (unpaired) electrons. The second kappa shape index (κ2) is 5.46. The van der Waals surface area contributed by atoms with E-state index < -0.39 is 23.6 Å². The highest BCUT2D eigenvalue weighted by atomic mass is 16.4. The molecule has 1 saturated heterocycles. The Labute approximate surface area is 112 Å². The van der Waals surface area contributed by atoms with Gasteiger partial charge in [-0.25, -0.2) is 4.79 Å². The average molecular weight is 271 g/mol. The Morgan fingerprint density at radius 1 is 1.53 bits per heavy atom. The third kappa shape index (κ3) is 3.59. The maximum atomic E-state index is 11.6. The standard InChI is InChI=1S/C12H21N3O4/c1-12(2,3)15(11(18)19)8(9(13)16)6-7-4-5-14-10(7)17/h7-8H,4-6H2,1-3H3,(H2,13,16)(H,14,17)(H,18,19)/t7-,8?/m0/s1. The molecule has 0 aliphatic carbocycles. The quantitative estimate of drug-likeness (QED) is 0.675. The highest BCUT2D eigenvalue weighted by Gasteiger charge is 2.39. The van der Waals surface area contributed by atoms with E-state index in [-0.39, 0.29) is 18.2 Å². The maximum absolute atomic E-state index is 11.6. The number of carbonyl (C=O) groups excluding carboxylic acids is 2. The average Bonchev–Trinajstić information content (AvgIpc) is 2.60. The minimum atomic E-state index is -1.21. The van der Waals surface area contributed by atoms with E-state index in [2.05, 4.69) is 5.32 Å².